The fourth-order valence-corrected chi connectivity index (χ4v) is 2.51. The maximum absolute atomic E-state index is 13.5. The van der Waals surface area contributed by atoms with Crippen LogP contribution >= 0.6 is 0 Å². The molecule has 1 aliphatic rings. The summed E-state index contributed by atoms with van der Waals surface area (Å²) in [4.78, 5) is 2.19. The SMILES string of the molecule is NCC#Cc1cc(F)cc(CN2CCCC2CO)c1. The first kappa shape index (κ1) is 14.0. The summed E-state index contributed by atoms with van der Waals surface area (Å²) in [5.74, 6) is 5.30. The standard InChI is InChI=1S/C15H19FN2O/c16-14-8-12(3-1-5-17)7-13(9-14)10-18-6-2-4-15(18)11-19/h7-9,15,19H,2,4-6,10-11,17H2. The van der Waals surface area contributed by atoms with Gasteiger partial charge in [0.1, 0.15) is 5.82 Å². The Bertz CT molecular complexity index is 493. The minimum Gasteiger partial charge on any atom is -0.395 e. The van der Waals surface area contributed by atoms with Gasteiger partial charge in [-0.15, -0.1) is 0 Å². The molecule has 0 bridgehead atoms. The van der Waals surface area contributed by atoms with Gasteiger partial charge >= 0.3 is 0 Å². The van der Waals surface area contributed by atoms with Crippen molar-refractivity contribution in [2.24, 2.45) is 5.73 Å². The third-order valence-electron chi connectivity index (χ3n) is 3.39. The van der Waals surface area contributed by atoms with Gasteiger partial charge in [-0.2, -0.15) is 0 Å². The van der Waals surface area contributed by atoms with Crippen LogP contribution in [0.5, 0.6) is 0 Å². The van der Waals surface area contributed by atoms with Crippen molar-refractivity contribution in [3.05, 3.63) is 35.1 Å². The molecule has 0 aromatic heterocycles. The summed E-state index contributed by atoms with van der Waals surface area (Å²) in [6.07, 6.45) is 2.09. The Morgan fingerprint density at radius 1 is 1.42 bits per heavy atom. The zero-order valence-electron chi connectivity index (χ0n) is 10.9. The van der Waals surface area contributed by atoms with E-state index in [9.17, 15) is 9.50 Å². The molecule has 1 unspecified atom stereocenters. The Hall–Kier alpha value is -1.41. The third kappa shape index (κ3) is 3.77. The van der Waals surface area contributed by atoms with E-state index in [1.165, 1.54) is 12.1 Å². The third-order valence-corrected chi connectivity index (χ3v) is 3.39. The zero-order chi connectivity index (χ0) is 13.7. The normalized spacial score (nSPS) is 19.2. The van der Waals surface area contributed by atoms with E-state index in [1.807, 2.05) is 6.07 Å². The van der Waals surface area contributed by atoms with Gasteiger partial charge in [-0.05, 0) is 43.1 Å². The molecule has 2 rings (SSSR count). The molecule has 19 heavy (non-hydrogen) atoms. The quantitative estimate of drug-likeness (QED) is 0.802. The topological polar surface area (TPSA) is 49.5 Å². The van der Waals surface area contributed by atoms with Crippen molar-refractivity contribution in [1.29, 1.82) is 0 Å². The molecule has 3 N–H and O–H groups in total. The number of nitrogens with zero attached hydrogens (tertiary/aromatic N) is 1. The Kier molecular flexibility index (Phi) is 4.92. The van der Waals surface area contributed by atoms with Crippen LogP contribution in [0.1, 0.15) is 24.0 Å². The number of rotatable bonds is 3. The van der Waals surface area contributed by atoms with E-state index in [0.717, 1.165) is 24.9 Å². The monoisotopic (exact) mass is 262 g/mol. The second-order valence-electron chi connectivity index (χ2n) is 4.80. The lowest BCUT2D eigenvalue weighted by molar-refractivity contribution is 0.153. The summed E-state index contributed by atoms with van der Waals surface area (Å²) in [6.45, 7) is 2.03. The van der Waals surface area contributed by atoms with E-state index in [2.05, 4.69) is 16.7 Å². The smallest absolute Gasteiger partial charge is 0.124 e. The minimum absolute atomic E-state index is 0.162. The predicted octanol–water partition coefficient (Wildman–Crippen LogP) is 1.09. The number of hydrogen-bond donors (Lipinski definition) is 2. The van der Waals surface area contributed by atoms with Crippen LogP contribution in [0, 0.1) is 17.7 Å². The second kappa shape index (κ2) is 6.67. The second-order valence-corrected chi connectivity index (χ2v) is 4.80. The molecule has 0 spiro atoms. The van der Waals surface area contributed by atoms with Gasteiger partial charge in [-0.25, -0.2) is 4.39 Å². The van der Waals surface area contributed by atoms with Crippen LogP contribution in [0.4, 0.5) is 4.39 Å². The van der Waals surface area contributed by atoms with E-state index in [-0.39, 0.29) is 25.0 Å². The van der Waals surface area contributed by atoms with Gasteiger partial charge in [0, 0.05) is 18.2 Å². The molecule has 4 heteroatoms. The van der Waals surface area contributed by atoms with Gasteiger partial charge in [0.05, 0.1) is 13.2 Å². The number of likely N-dealkylation sites (tertiary alicyclic amines) is 1. The first-order valence-corrected chi connectivity index (χ1v) is 6.56. The Morgan fingerprint density at radius 2 is 2.26 bits per heavy atom. The Morgan fingerprint density at radius 3 is 3.00 bits per heavy atom. The molecule has 0 radical (unpaired) electrons. The number of aliphatic hydroxyl groups excluding tert-OH is 1. The molecule has 3 nitrogen and oxygen atoms in total. The first-order chi connectivity index (χ1) is 9.22. The maximum atomic E-state index is 13.5. The highest BCUT2D eigenvalue weighted by molar-refractivity contribution is 5.38. The van der Waals surface area contributed by atoms with E-state index in [1.54, 1.807) is 0 Å². The Labute approximate surface area is 113 Å². The average molecular weight is 262 g/mol. The van der Waals surface area contributed by atoms with E-state index in [4.69, 9.17) is 5.73 Å². The zero-order valence-corrected chi connectivity index (χ0v) is 10.9. The van der Waals surface area contributed by atoms with Gasteiger partial charge in [-0.3, -0.25) is 4.90 Å². The molecular weight excluding hydrogens is 243 g/mol. The molecule has 1 aliphatic heterocycles. The summed E-state index contributed by atoms with van der Waals surface area (Å²) in [5.41, 5.74) is 6.86. The molecule has 0 amide bonds. The lowest BCUT2D eigenvalue weighted by Crippen LogP contribution is -2.31. The van der Waals surface area contributed by atoms with Crippen LogP contribution in [0.3, 0.4) is 0 Å². The summed E-state index contributed by atoms with van der Waals surface area (Å²) in [7, 11) is 0. The molecule has 1 aromatic carbocycles. The fourth-order valence-electron chi connectivity index (χ4n) is 2.51. The maximum Gasteiger partial charge on any atom is 0.124 e. The fraction of sp³-hybridized carbons (Fsp3) is 0.467. The lowest BCUT2D eigenvalue weighted by atomic mass is 10.1. The van der Waals surface area contributed by atoms with Crippen LogP contribution < -0.4 is 5.73 Å². The van der Waals surface area contributed by atoms with Crippen LogP contribution in [-0.2, 0) is 6.54 Å². The molecule has 1 saturated heterocycles. The molecule has 1 aromatic rings. The van der Waals surface area contributed by atoms with Crippen LogP contribution in [0.15, 0.2) is 18.2 Å². The predicted molar refractivity (Wildman–Crippen MR) is 72.9 cm³/mol. The summed E-state index contributed by atoms with van der Waals surface area (Å²) in [5, 5.41) is 9.29. The molecule has 0 saturated carbocycles. The molecule has 1 fully saturated rings. The van der Waals surface area contributed by atoms with Gasteiger partial charge in [-0.1, -0.05) is 11.8 Å². The van der Waals surface area contributed by atoms with E-state index < -0.39 is 0 Å². The first-order valence-electron chi connectivity index (χ1n) is 6.56. The number of hydrogen-bond acceptors (Lipinski definition) is 3. The number of nitrogens with two attached hydrogens (primary N) is 1. The van der Waals surface area contributed by atoms with E-state index in [0.29, 0.717) is 12.1 Å². The summed E-state index contributed by atoms with van der Waals surface area (Å²) in [6, 6.07) is 5.03. The van der Waals surface area contributed by atoms with Gasteiger partial charge in [0.25, 0.3) is 0 Å². The highest BCUT2D eigenvalue weighted by Gasteiger charge is 2.23. The van der Waals surface area contributed by atoms with Crippen LogP contribution in [-0.4, -0.2) is 35.7 Å². The van der Waals surface area contributed by atoms with Crippen molar-refractivity contribution < 1.29 is 9.50 Å². The van der Waals surface area contributed by atoms with Gasteiger partial charge < -0.3 is 10.8 Å². The van der Waals surface area contributed by atoms with Crippen molar-refractivity contribution in [3.8, 4) is 11.8 Å². The van der Waals surface area contributed by atoms with Crippen molar-refractivity contribution in [1.82, 2.24) is 4.90 Å². The van der Waals surface area contributed by atoms with Crippen LogP contribution in [0.25, 0.3) is 0 Å². The molecule has 1 heterocycles. The molecular formula is C15H19FN2O. The minimum atomic E-state index is -0.279. The van der Waals surface area contributed by atoms with Crippen molar-refractivity contribution >= 4 is 0 Å². The average Bonchev–Trinajstić information content (AvgIpc) is 2.83. The van der Waals surface area contributed by atoms with Crippen molar-refractivity contribution in [2.75, 3.05) is 19.7 Å². The molecule has 102 valence electrons. The number of halogens is 1. The van der Waals surface area contributed by atoms with Gasteiger partial charge in [0.15, 0.2) is 0 Å². The van der Waals surface area contributed by atoms with Crippen molar-refractivity contribution in [2.45, 2.75) is 25.4 Å². The van der Waals surface area contributed by atoms with Gasteiger partial charge in [0.2, 0.25) is 0 Å². The molecule has 0 aliphatic carbocycles. The highest BCUT2D eigenvalue weighted by Crippen LogP contribution is 2.20. The Balaban J connectivity index is 2.13. The van der Waals surface area contributed by atoms with Crippen molar-refractivity contribution in [3.63, 3.8) is 0 Å². The van der Waals surface area contributed by atoms with Crippen LogP contribution in [0.2, 0.25) is 0 Å². The number of aliphatic hydroxyl groups is 1. The highest BCUT2D eigenvalue weighted by atomic mass is 19.1. The lowest BCUT2D eigenvalue weighted by Gasteiger charge is -2.22. The largest absolute Gasteiger partial charge is 0.395 e. The number of benzene rings is 1. The summed E-state index contributed by atoms with van der Waals surface area (Å²) < 4.78 is 13.5. The molecule has 1 atom stereocenters. The summed E-state index contributed by atoms with van der Waals surface area (Å²) >= 11 is 0. The van der Waals surface area contributed by atoms with E-state index >= 15 is 0 Å².